The monoisotopic (exact) mass is 450 g/mol. The van der Waals surface area contributed by atoms with E-state index >= 15 is 0 Å². The van der Waals surface area contributed by atoms with E-state index in [2.05, 4.69) is 20.9 Å². The molecule has 27 heavy (non-hydrogen) atoms. The molecule has 0 saturated carbocycles. The quantitative estimate of drug-likeness (QED) is 0.653. The van der Waals surface area contributed by atoms with Crippen LogP contribution in [0.15, 0.2) is 62.9 Å². The summed E-state index contributed by atoms with van der Waals surface area (Å²) in [6, 6.07) is 12.0. The lowest BCUT2D eigenvalue weighted by Gasteiger charge is -2.27. The van der Waals surface area contributed by atoms with Crippen molar-refractivity contribution in [2.45, 2.75) is 30.8 Å². The largest absolute Gasteiger partial charge is 0.464 e. The van der Waals surface area contributed by atoms with Gasteiger partial charge in [0.1, 0.15) is 12.4 Å². The first-order chi connectivity index (χ1) is 12.8. The highest BCUT2D eigenvalue weighted by molar-refractivity contribution is 9.10. The van der Waals surface area contributed by atoms with Crippen molar-refractivity contribution in [1.29, 1.82) is 0 Å². The van der Waals surface area contributed by atoms with E-state index in [0.717, 1.165) is 14.3 Å². The SMILES string of the molecule is CCOC(=O)[C@@H]1N=CN(S(=O)(=O)c2ccc(C)cc2)[C@@H]1c1ccc(Br)cc1. The number of halogens is 1. The molecule has 0 bridgehead atoms. The molecule has 0 radical (unpaired) electrons. The second-order valence-corrected chi connectivity index (χ2v) is 8.86. The highest BCUT2D eigenvalue weighted by Crippen LogP contribution is 2.35. The number of carbonyl (C=O) groups excluding carboxylic acids is 1. The van der Waals surface area contributed by atoms with Crippen LogP contribution in [0.3, 0.4) is 0 Å². The molecule has 8 heteroatoms. The smallest absolute Gasteiger partial charge is 0.333 e. The van der Waals surface area contributed by atoms with Gasteiger partial charge in [0.25, 0.3) is 10.0 Å². The first kappa shape index (κ1) is 19.6. The Morgan fingerprint density at radius 2 is 1.78 bits per heavy atom. The highest BCUT2D eigenvalue weighted by atomic mass is 79.9. The van der Waals surface area contributed by atoms with Gasteiger partial charge >= 0.3 is 5.97 Å². The number of benzene rings is 2. The summed E-state index contributed by atoms with van der Waals surface area (Å²) >= 11 is 3.37. The Labute approximate surface area is 167 Å². The predicted octanol–water partition coefficient (Wildman–Crippen LogP) is 3.46. The minimum Gasteiger partial charge on any atom is -0.464 e. The molecule has 142 valence electrons. The van der Waals surface area contributed by atoms with E-state index in [0.29, 0.717) is 5.56 Å². The maximum absolute atomic E-state index is 13.2. The third kappa shape index (κ3) is 3.91. The fraction of sp³-hybridized carbons (Fsp3) is 0.263. The van der Waals surface area contributed by atoms with Gasteiger partial charge in [-0.3, -0.25) is 4.99 Å². The number of esters is 1. The standard InChI is InChI=1S/C19H19BrN2O4S/c1-3-26-19(23)17-18(14-6-8-15(20)9-7-14)22(12-21-17)27(24,25)16-10-4-13(2)5-11-16/h4-12,17-18H,3H2,1-2H3/t17-,18-/m1/s1. The molecule has 2 aromatic rings. The fourth-order valence-electron chi connectivity index (χ4n) is 2.88. The van der Waals surface area contributed by atoms with Crippen molar-refractivity contribution in [2.24, 2.45) is 4.99 Å². The molecule has 2 aromatic carbocycles. The number of sulfonamides is 1. The average molecular weight is 451 g/mol. The average Bonchev–Trinajstić information content (AvgIpc) is 3.09. The molecule has 0 N–H and O–H groups in total. The number of aliphatic imine (C=N–C) groups is 1. The van der Waals surface area contributed by atoms with Gasteiger partial charge in [0.15, 0.2) is 6.04 Å². The minimum absolute atomic E-state index is 0.145. The summed E-state index contributed by atoms with van der Waals surface area (Å²) in [5.41, 5.74) is 1.61. The summed E-state index contributed by atoms with van der Waals surface area (Å²) in [6.45, 7) is 3.78. The van der Waals surface area contributed by atoms with Gasteiger partial charge in [-0.25, -0.2) is 17.5 Å². The Morgan fingerprint density at radius 1 is 1.15 bits per heavy atom. The van der Waals surface area contributed by atoms with Gasteiger partial charge in [-0.15, -0.1) is 0 Å². The summed E-state index contributed by atoms with van der Waals surface area (Å²) in [5.74, 6) is -0.553. The summed E-state index contributed by atoms with van der Waals surface area (Å²) in [6.07, 6.45) is 1.21. The molecule has 0 spiro atoms. The Kier molecular flexibility index (Phi) is 5.67. The first-order valence-corrected chi connectivity index (χ1v) is 10.6. The zero-order valence-corrected chi connectivity index (χ0v) is 17.3. The van der Waals surface area contributed by atoms with E-state index < -0.39 is 28.1 Å². The fourth-order valence-corrected chi connectivity index (χ4v) is 4.58. The number of nitrogens with zero attached hydrogens (tertiary/aromatic N) is 2. The van der Waals surface area contributed by atoms with Crippen LogP contribution < -0.4 is 0 Å². The number of carbonyl (C=O) groups is 1. The molecule has 0 amide bonds. The third-order valence-electron chi connectivity index (χ3n) is 4.25. The predicted molar refractivity (Wildman–Crippen MR) is 106 cm³/mol. The summed E-state index contributed by atoms with van der Waals surface area (Å²) in [5, 5.41) is 0. The second kappa shape index (κ2) is 7.82. The molecule has 0 aliphatic carbocycles. The van der Waals surface area contributed by atoms with E-state index in [1.165, 1.54) is 6.34 Å². The van der Waals surface area contributed by atoms with E-state index in [1.807, 2.05) is 6.92 Å². The maximum atomic E-state index is 13.2. The van der Waals surface area contributed by atoms with Crippen LogP contribution in [0, 0.1) is 6.92 Å². The Bertz CT molecular complexity index is 956. The van der Waals surface area contributed by atoms with Crippen LogP contribution in [-0.2, 0) is 19.6 Å². The van der Waals surface area contributed by atoms with Crippen LogP contribution in [0.5, 0.6) is 0 Å². The van der Waals surface area contributed by atoms with Gasteiger partial charge in [-0.05, 0) is 43.7 Å². The van der Waals surface area contributed by atoms with E-state index in [4.69, 9.17) is 4.74 Å². The van der Waals surface area contributed by atoms with Crippen molar-refractivity contribution in [2.75, 3.05) is 6.61 Å². The lowest BCUT2D eigenvalue weighted by Crippen LogP contribution is -2.37. The molecular weight excluding hydrogens is 432 g/mol. The molecule has 6 nitrogen and oxygen atoms in total. The molecule has 3 rings (SSSR count). The van der Waals surface area contributed by atoms with Crippen molar-refractivity contribution < 1.29 is 17.9 Å². The molecule has 0 fully saturated rings. The maximum Gasteiger partial charge on any atom is 0.333 e. The number of rotatable bonds is 5. The number of hydrogen-bond acceptors (Lipinski definition) is 5. The summed E-state index contributed by atoms with van der Waals surface area (Å²) < 4.78 is 33.5. The van der Waals surface area contributed by atoms with Gasteiger partial charge < -0.3 is 4.74 Å². The molecule has 0 unspecified atom stereocenters. The summed E-state index contributed by atoms with van der Waals surface area (Å²) in [7, 11) is -3.88. The first-order valence-electron chi connectivity index (χ1n) is 8.40. The van der Waals surface area contributed by atoms with Crippen LogP contribution in [0.25, 0.3) is 0 Å². The van der Waals surface area contributed by atoms with Crippen LogP contribution in [-0.4, -0.2) is 37.7 Å². The van der Waals surface area contributed by atoms with Gasteiger partial charge in [0.05, 0.1) is 11.5 Å². The molecule has 1 aliphatic rings. The van der Waals surface area contributed by atoms with Crippen molar-refractivity contribution in [3.05, 3.63) is 64.1 Å². The van der Waals surface area contributed by atoms with Crippen LogP contribution in [0.1, 0.15) is 24.1 Å². The Balaban J connectivity index is 2.04. The van der Waals surface area contributed by atoms with Crippen molar-refractivity contribution in [1.82, 2.24) is 4.31 Å². The van der Waals surface area contributed by atoms with Crippen LogP contribution in [0.4, 0.5) is 0 Å². The van der Waals surface area contributed by atoms with Gasteiger partial charge in [0.2, 0.25) is 0 Å². The molecule has 1 aliphatic heterocycles. The van der Waals surface area contributed by atoms with Crippen LogP contribution >= 0.6 is 15.9 Å². The van der Waals surface area contributed by atoms with E-state index in [9.17, 15) is 13.2 Å². The van der Waals surface area contributed by atoms with Crippen molar-refractivity contribution in [3.8, 4) is 0 Å². The minimum atomic E-state index is -3.88. The van der Waals surface area contributed by atoms with E-state index in [-0.39, 0.29) is 11.5 Å². The molecule has 0 saturated heterocycles. The zero-order chi connectivity index (χ0) is 19.6. The summed E-state index contributed by atoms with van der Waals surface area (Å²) in [4.78, 5) is 16.7. The molecule has 2 atom stereocenters. The second-order valence-electron chi connectivity index (χ2n) is 6.11. The molecule has 1 heterocycles. The number of ether oxygens (including phenoxy) is 1. The molecule has 0 aromatic heterocycles. The normalized spacial score (nSPS) is 19.3. The van der Waals surface area contributed by atoms with E-state index in [1.54, 1.807) is 55.5 Å². The van der Waals surface area contributed by atoms with Gasteiger partial charge in [-0.2, -0.15) is 0 Å². The van der Waals surface area contributed by atoms with Crippen molar-refractivity contribution >= 4 is 38.3 Å². The Morgan fingerprint density at radius 3 is 2.37 bits per heavy atom. The zero-order valence-electron chi connectivity index (χ0n) is 14.9. The third-order valence-corrected chi connectivity index (χ3v) is 6.52. The highest BCUT2D eigenvalue weighted by Gasteiger charge is 2.43. The lowest BCUT2D eigenvalue weighted by atomic mass is 10.0. The van der Waals surface area contributed by atoms with Crippen molar-refractivity contribution in [3.63, 3.8) is 0 Å². The Hall–Kier alpha value is -2.19. The molecular formula is C19H19BrN2O4S. The van der Waals surface area contributed by atoms with Gasteiger partial charge in [-0.1, -0.05) is 45.8 Å². The topological polar surface area (TPSA) is 76.0 Å². The lowest BCUT2D eigenvalue weighted by molar-refractivity contribution is -0.145. The van der Waals surface area contributed by atoms with Gasteiger partial charge in [0, 0.05) is 4.47 Å². The number of aryl methyl sites for hydroxylation is 1. The van der Waals surface area contributed by atoms with Crippen LogP contribution in [0.2, 0.25) is 0 Å². The number of hydrogen-bond donors (Lipinski definition) is 0.